The summed E-state index contributed by atoms with van der Waals surface area (Å²) in [5.41, 5.74) is 3.60. The van der Waals surface area contributed by atoms with E-state index in [0.29, 0.717) is 25.2 Å². The van der Waals surface area contributed by atoms with Crippen molar-refractivity contribution >= 4 is 10.9 Å². The Kier molecular flexibility index (Phi) is 8.14. The maximum Gasteiger partial charge on any atom is 0.252 e. The van der Waals surface area contributed by atoms with Gasteiger partial charge in [0.05, 0.1) is 31.3 Å². The topological polar surface area (TPSA) is 98.2 Å². The molecule has 2 aromatic carbocycles. The van der Waals surface area contributed by atoms with Gasteiger partial charge in [-0.1, -0.05) is 49.7 Å². The number of rotatable bonds is 11. The summed E-state index contributed by atoms with van der Waals surface area (Å²) in [6.07, 6.45) is 3.96. The van der Waals surface area contributed by atoms with Crippen LogP contribution in [0, 0.1) is 6.92 Å². The third kappa shape index (κ3) is 5.63. The first-order valence-corrected chi connectivity index (χ1v) is 13.4. The van der Waals surface area contributed by atoms with Crippen LogP contribution in [0.3, 0.4) is 0 Å². The molecule has 2 atom stereocenters. The number of aromatic amines is 1. The second-order valence-electron chi connectivity index (χ2n) is 10.0. The van der Waals surface area contributed by atoms with Crippen molar-refractivity contribution in [1.29, 1.82) is 0 Å². The van der Waals surface area contributed by atoms with Crippen LogP contribution in [0.15, 0.2) is 53.3 Å². The van der Waals surface area contributed by atoms with Crippen LogP contribution in [0.25, 0.3) is 10.9 Å². The van der Waals surface area contributed by atoms with Gasteiger partial charge in [0, 0.05) is 30.8 Å². The Morgan fingerprint density at radius 2 is 2.03 bits per heavy atom. The van der Waals surface area contributed by atoms with E-state index >= 15 is 0 Å². The molecule has 1 N–H and O–H groups in total. The molecule has 200 valence electrons. The van der Waals surface area contributed by atoms with Gasteiger partial charge >= 0.3 is 0 Å². The van der Waals surface area contributed by atoms with Crippen LogP contribution < -0.4 is 10.3 Å². The van der Waals surface area contributed by atoms with Crippen molar-refractivity contribution in [2.24, 2.45) is 0 Å². The van der Waals surface area contributed by atoms with Crippen molar-refractivity contribution in [2.45, 2.75) is 71.3 Å². The average molecular weight is 517 g/mol. The first-order chi connectivity index (χ1) is 18.6. The zero-order valence-corrected chi connectivity index (χ0v) is 22.4. The monoisotopic (exact) mass is 516 g/mol. The summed E-state index contributed by atoms with van der Waals surface area (Å²) in [5.74, 6) is 1.61. The molecule has 1 saturated heterocycles. The first-order valence-electron chi connectivity index (χ1n) is 13.4. The van der Waals surface area contributed by atoms with E-state index in [2.05, 4.69) is 38.4 Å². The van der Waals surface area contributed by atoms with Crippen molar-refractivity contribution < 1.29 is 9.47 Å². The lowest BCUT2D eigenvalue weighted by atomic mass is 10.0. The molecule has 0 unspecified atom stereocenters. The summed E-state index contributed by atoms with van der Waals surface area (Å²) in [7, 11) is 1.69. The predicted molar refractivity (Wildman–Crippen MR) is 146 cm³/mol. The van der Waals surface area contributed by atoms with Gasteiger partial charge in [0.2, 0.25) is 0 Å². The maximum absolute atomic E-state index is 13.3. The quantitative estimate of drug-likeness (QED) is 0.312. The number of nitrogens with zero attached hydrogens (tertiary/aromatic N) is 5. The van der Waals surface area contributed by atoms with Crippen LogP contribution in [0.5, 0.6) is 5.75 Å². The van der Waals surface area contributed by atoms with E-state index < -0.39 is 0 Å². The number of fused-ring (bicyclic) bond motifs is 1. The van der Waals surface area contributed by atoms with Gasteiger partial charge in [-0.3, -0.25) is 9.69 Å². The fourth-order valence-electron chi connectivity index (χ4n) is 5.40. The van der Waals surface area contributed by atoms with Crippen molar-refractivity contribution in [3.8, 4) is 5.75 Å². The molecule has 5 rings (SSSR count). The van der Waals surface area contributed by atoms with Crippen LogP contribution in [-0.4, -0.2) is 49.9 Å². The fourth-order valence-corrected chi connectivity index (χ4v) is 5.40. The zero-order chi connectivity index (χ0) is 26.5. The minimum absolute atomic E-state index is 0.0778. The van der Waals surface area contributed by atoms with Crippen molar-refractivity contribution in [1.82, 2.24) is 30.1 Å². The van der Waals surface area contributed by atoms with Crippen LogP contribution >= 0.6 is 0 Å². The number of hydrogen-bond donors (Lipinski definition) is 1. The van der Waals surface area contributed by atoms with Gasteiger partial charge in [0.1, 0.15) is 5.75 Å². The van der Waals surface area contributed by atoms with Crippen LogP contribution in [-0.2, 0) is 24.4 Å². The third-order valence-corrected chi connectivity index (χ3v) is 7.37. The number of tetrazole rings is 1. The standard InChI is InChI=1S/C29H36N6O3/c1-4-9-25(28-31-32-33-35(28)19-24-13-8-15-38-24)34(17-22-11-5-6-14-26(22)37-3)18-23-16-21-12-7-10-20(2)27(21)30-29(23)36/h5-7,10-12,14,16,24-25H,4,8-9,13,15,17-19H2,1-3H3,(H,30,36)/t24-,25-/m1/s1. The minimum atomic E-state index is -0.103. The van der Waals surface area contributed by atoms with Gasteiger partial charge in [0.25, 0.3) is 5.56 Å². The lowest BCUT2D eigenvalue weighted by Gasteiger charge is -2.31. The number of aryl methyl sites for hydroxylation is 1. The van der Waals surface area contributed by atoms with Gasteiger partial charge in [-0.15, -0.1) is 5.10 Å². The Hall–Kier alpha value is -3.56. The summed E-state index contributed by atoms with van der Waals surface area (Å²) in [5, 5.41) is 13.9. The highest BCUT2D eigenvalue weighted by Crippen LogP contribution is 2.31. The van der Waals surface area contributed by atoms with E-state index in [4.69, 9.17) is 9.47 Å². The molecule has 0 radical (unpaired) electrons. The van der Waals surface area contributed by atoms with Gasteiger partial charge in [-0.2, -0.15) is 0 Å². The number of para-hydroxylation sites is 2. The molecule has 0 amide bonds. The number of H-pyrrole nitrogens is 1. The number of ether oxygens (including phenoxy) is 2. The summed E-state index contributed by atoms with van der Waals surface area (Å²) in [4.78, 5) is 18.7. The Balaban J connectivity index is 1.54. The molecule has 1 aliphatic heterocycles. The van der Waals surface area contributed by atoms with Crippen molar-refractivity contribution in [3.63, 3.8) is 0 Å². The second-order valence-corrected chi connectivity index (χ2v) is 10.0. The number of nitrogens with one attached hydrogen (secondary N) is 1. The summed E-state index contributed by atoms with van der Waals surface area (Å²) in [6, 6.07) is 16.0. The zero-order valence-electron chi connectivity index (χ0n) is 22.4. The molecule has 0 spiro atoms. The first kappa shape index (κ1) is 26.1. The Morgan fingerprint density at radius 1 is 1.18 bits per heavy atom. The molecule has 3 heterocycles. The summed E-state index contributed by atoms with van der Waals surface area (Å²) >= 11 is 0. The lowest BCUT2D eigenvalue weighted by molar-refractivity contribution is 0.0884. The molecule has 0 saturated carbocycles. The Labute approximate surface area is 222 Å². The Bertz CT molecular complexity index is 1430. The average Bonchev–Trinajstić information content (AvgIpc) is 3.61. The number of benzene rings is 2. The SMILES string of the molecule is CCC[C@H](c1nnnn1C[C@H]1CCCO1)N(Cc1ccccc1OC)Cc1cc2cccc(C)c2[nH]c1=O. The number of aromatic nitrogens is 5. The van der Waals surface area contributed by atoms with Gasteiger partial charge in [-0.25, -0.2) is 4.68 Å². The van der Waals surface area contributed by atoms with E-state index in [1.807, 2.05) is 54.1 Å². The van der Waals surface area contributed by atoms with E-state index in [9.17, 15) is 4.79 Å². The normalized spacial score (nSPS) is 16.4. The van der Waals surface area contributed by atoms with E-state index in [-0.39, 0.29) is 17.7 Å². The molecule has 1 fully saturated rings. The summed E-state index contributed by atoms with van der Waals surface area (Å²) < 4.78 is 13.4. The van der Waals surface area contributed by atoms with Crippen LogP contribution in [0.2, 0.25) is 0 Å². The van der Waals surface area contributed by atoms with E-state index in [1.54, 1.807) is 7.11 Å². The van der Waals surface area contributed by atoms with Gasteiger partial charge < -0.3 is 14.5 Å². The minimum Gasteiger partial charge on any atom is -0.496 e. The third-order valence-electron chi connectivity index (χ3n) is 7.37. The lowest BCUT2D eigenvalue weighted by Crippen LogP contribution is -2.33. The van der Waals surface area contributed by atoms with E-state index in [1.165, 1.54) is 0 Å². The molecule has 0 bridgehead atoms. The number of methoxy groups -OCH3 is 1. The molecule has 1 aliphatic rings. The molecule has 4 aromatic rings. The molecule has 2 aromatic heterocycles. The van der Waals surface area contributed by atoms with E-state index in [0.717, 1.165) is 65.9 Å². The predicted octanol–water partition coefficient (Wildman–Crippen LogP) is 4.55. The molecule has 38 heavy (non-hydrogen) atoms. The fraction of sp³-hybridized carbons (Fsp3) is 0.448. The van der Waals surface area contributed by atoms with Crippen LogP contribution in [0.4, 0.5) is 0 Å². The Morgan fingerprint density at radius 3 is 2.82 bits per heavy atom. The highest BCUT2D eigenvalue weighted by atomic mass is 16.5. The highest BCUT2D eigenvalue weighted by Gasteiger charge is 2.29. The molecule has 9 nitrogen and oxygen atoms in total. The molecular weight excluding hydrogens is 480 g/mol. The van der Waals surface area contributed by atoms with Crippen molar-refractivity contribution in [2.75, 3.05) is 13.7 Å². The summed E-state index contributed by atoms with van der Waals surface area (Å²) in [6.45, 7) is 6.60. The molecular formula is C29H36N6O3. The van der Waals surface area contributed by atoms with Crippen LogP contribution in [0.1, 0.15) is 61.2 Å². The maximum atomic E-state index is 13.3. The molecule has 9 heteroatoms. The smallest absolute Gasteiger partial charge is 0.252 e. The number of hydrogen-bond acceptors (Lipinski definition) is 7. The highest BCUT2D eigenvalue weighted by molar-refractivity contribution is 5.81. The van der Waals surface area contributed by atoms with Gasteiger partial charge in [0.15, 0.2) is 5.82 Å². The van der Waals surface area contributed by atoms with Gasteiger partial charge in [-0.05, 0) is 59.7 Å². The molecule has 0 aliphatic carbocycles. The van der Waals surface area contributed by atoms with Crippen molar-refractivity contribution in [3.05, 3.63) is 81.4 Å². The number of pyridine rings is 1. The largest absolute Gasteiger partial charge is 0.496 e. The second kappa shape index (κ2) is 11.9.